The molecular weight excluding hydrogens is 376 g/mol. The van der Waals surface area contributed by atoms with Gasteiger partial charge in [0, 0.05) is 20.3 Å². The average molecular weight is 407 g/mol. The van der Waals surface area contributed by atoms with Crippen LogP contribution in [0.1, 0.15) is 74.3 Å². The zero-order valence-electron chi connectivity index (χ0n) is 17.8. The summed E-state index contributed by atoms with van der Waals surface area (Å²) in [5.74, 6) is 1.49. The van der Waals surface area contributed by atoms with E-state index in [0.29, 0.717) is 11.8 Å². The molecular formula is C26H30O4. The Labute approximate surface area is 177 Å². The van der Waals surface area contributed by atoms with Crippen LogP contribution in [0, 0.1) is 11.8 Å². The van der Waals surface area contributed by atoms with Crippen LogP contribution in [0.15, 0.2) is 24.0 Å². The van der Waals surface area contributed by atoms with Crippen molar-refractivity contribution < 1.29 is 19.7 Å². The van der Waals surface area contributed by atoms with Crippen molar-refractivity contribution in [3.63, 3.8) is 0 Å². The van der Waals surface area contributed by atoms with E-state index in [-0.39, 0.29) is 11.9 Å². The van der Waals surface area contributed by atoms with E-state index < -0.39 is 11.9 Å². The molecule has 0 aromatic heterocycles. The second-order valence-electron chi connectivity index (χ2n) is 10.1. The number of ether oxygens (including phenoxy) is 2. The highest BCUT2D eigenvalue weighted by atomic mass is 16.7. The van der Waals surface area contributed by atoms with Gasteiger partial charge in [0.2, 0.25) is 5.79 Å². The summed E-state index contributed by atoms with van der Waals surface area (Å²) in [7, 11) is 0. The first kappa shape index (κ1) is 18.7. The molecule has 4 atom stereocenters. The van der Waals surface area contributed by atoms with Crippen molar-refractivity contribution in [2.75, 3.05) is 0 Å². The normalized spacial score (nSPS) is 31.6. The number of phenolic OH excluding ortho intramolecular Hbond substituents is 1. The molecule has 4 nitrogen and oxygen atoms in total. The first-order chi connectivity index (χ1) is 14.4. The third-order valence-electron chi connectivity index (χ3n) is 7.80. The maximum absolute atomic E-state index is 11.6. The summed E-state index contributed by atoms with van der Waals surface area (Å²) in [5, 5.41) is 24.0. The number of hydrogen-bond acceptors (Lipinski definition) is 4. The van der Waals surface area contributed by atoms with Crippen LogP contribution in [0.5, 0.6) is 5.75 Å². The van der Waals surface area contributed by atoms with Crippen LogP contribution >= 0.6 is 0 Å². The van der Waals surface area contributed by atoms with E-state index in [1.54, 1.807) is 6.07 Å². The molecule has 2 fully saturated rings. The summed E-state index contributed by atoms with van der Waals surface area (Å²) in [6, 6.07) is 5.60. The van der Waals surface area contributed by atoms with Gasteiger partial charge in [-0.2, -0.15) is 0 Å². The topological polar surface area (TPSA) is 58.9 Å². The minimum Gasteiger partial charge on any atom is -0.508 e. The van der Waals surface area contributed by atoms with Gasteiger partial charge in [-0.3, -0.25) is 0 Å². The summed E-state index contributed by atoms with van der Waals surface area (Å²) in [6.07, 6.45) is 9.31. The number of phenols is 1. The number of aromatic hydroxyl groups is 1. The van der Waals surface area contributed by atoms with E-state index in [0.717, 1.165) is 46.9 Å². The highest BCUT2D eigenvalue weighted by Gasteiger charge is 2.43. The Kier molecular flexibility index (Phi) is 4.04. The molecule has 2 aromatic rings. The van der Waals surface area contributed by atoms with Gasteiger partial charge < -0.3 is 19.7 Å². The van der Waals surface area contributed by atoms with E-state index in [2.05, 4.69) is 6.08 Å². The first-order valence-corrected chi connectivity index (χ1v) is 11.5. The Hall–Kier alpha value is -2.04. The molecule has 2 unspecified atom stereocenters. The second-order valence-corrected chi connectivity index (χ2v) is 10.1. The van der Waals surface area contributed by atoms with Crippen LogP contribution in [0.25, 0.3) is 16.8 Å². The first-order valence-electron chi connectivity index (χ1n) is 11.5. The standard InChI is InChI=1S/C26H30O4/c1-26(2)29-22-12-20-17-8-4-6-14-5-3-7-16(14)25(28)24(17)18-10-9-15(27)11-19(18)21(20)13-23(22)30-26/h9-11,13-14,16,22,25,27-28H,3-8,12H2,1-2H3/t14?,16-,22?,25-/m1/s1. The van der Waals surface area contributed by atoms with Crippen LogP contribution in [0.2, 0.25) is 0 Å². The molecule has 2 N–H and O–H groups in total. The Morgan fingerprint density at radius 1 is 1.03 bits per heavy atom. The van der Waals surface area contributed by atoms with E-state index in [1.807, 2.05) is 26.0 Å². The maximum Gasteiger partial charge on any atom is 0.205 e. The molecule has 0 amide bonds. The summed E-state index contributed by atoms with van der Waals surface area (Å²) in [5.41, 5.74) is 4.82. The second kappa shape index (κ2) is 6.48. The molecule has 30 heavy (non-hydrogen) atoms. The fourth-order valence-electron chi connectivity index (χ4n) is 6.62. The number of aliphatic hydroxyl groups excluding tert-OH is 1. The van der Waals surface area contributed by atoms with Crippen molar-refractivity contribution in [2.24, 2.45) is 11.8 Å². The van der Waals surface area contributed by atoms with Gasteiger partial charge in [0.05, 0.1) is 6.10 Å². The van der Waals surface area contributed by atoms with Gasteiger partial charge in [-0.1, -0.05) is 18.9 Å². The van der Waals surface area contributed by atoms with Gasteiger partial charge in [-0.25, -0.2) is 0 Å². The summed E-state index contributed by atoms with van der Waals surface area (Å²) < 4.78 is 12.3. The van der Waals surface area contributed by atoms with Crippen LogP contribution in [-0.4, -0.2) is 22.1 Å². The quantitative estimate of drug-likeness (QED) is 0.617. The molecule has 4 heteroatoms. The Balaban J connectivity index is 1.61. The summed E-state index contributed by atoms with van der Waals surface area (Å²) in [4.78, 5) is 0. The lowest BCUT2D eigenvalue weighted by Gasteiger charge is -2.34. The maximum atomic E-state index is 11.6. The zero-order chi connectivity index (χ0) is 20.6. The molecule has 6 rings (SSSR count). The predicted octanol–water partition coefficient (Wildman–Crippen LogP) is 5.38. The molecule has 4 aliphatic rings. The highest BCUT2D eigenvalue weighted by molar-refractivity contribution is 5.97. The SMILES string of the molecule is CC1(C)OC2=Cc3c(c4c(c5ccc(O)cc35)[C@H](O)[C@@H]3CCCC3CCC4)CC2O1. The molecule has 1 saturated carbocycles. The largest absolute Gasteiger partial charge is 0.508 e. The third-order valence-corrected chi connectivity index (χ3v) is 7.80. The Bertz CT molecular complexity index is 1070. The predicted molar refractivity (Wildman–Crippen MR) is 116 cm³/mol. The minimum atomic E-state index is -0.624. The highest BCUT2D eigenvalue weighted by Crippen LogP contribution is 2.50. The van der Waals surface area contributed by atoms with Gasteiger partial charge in [0.15, 0.2) is 0 Å². The average Bonchev–Trinajstić information content (AvgIpc) is 3.26. The van der Waals surface area contributed by atoms with Gasteiger partial charge in [-0.15, -0.1) is 0 Å². The van der Waals surface area contributed by atoms with Gasteiger partial charge >= 0.3 is 0 Å². The molecule has 1 saturated heterocycles. The molecule has 1 heterocycles. The number of aliphatic hydroxyl groups is 1. The van der Waals surface area contributed by atoms with Gasteiger partial charge in [-0.05, 0) is 88.8 Å². The van der Waals surface area contributed by atoms with E-state index in [1.165, 1.54) is 36.8 Å². The fourth-order valence-corrected chi connectivity index (χ4v) is 6.62. The molecule has 3 aliphatic carbocycles. The van der Waals surface area contributed by atoms with Crippen molar-refractivity contribution >= 4 is 16.8 Å². The van der Waals surface area contributed by atoms with E-state index in [9.17, 15) is 10.2 Å². The van der Waals surface area contributed by atoms with Crippen molar-refractivity contribution in [3.05, 3.63) is 46.2 Å². The van der Waals surface area contributed by atoms with Gasteiger partial charge in [0.25, 0.3) is 0 Å². The van der Waals surface area contributed by atoms with Crippen molar-refractivity contribution in [3.8, 4) is 5.75 Å². The molecule has 0 radical (unpaired) electrons. The zero-order valence-corrected chi connectivity index (χ0v) is 17.8. The third kappa shape index (κ3) is 2.73. The number of hydrogen-bond donors (Lipinski definition) is 2. The lowest BCUT2D eigenvalue weighted by molar-refractivity contribution is -0.132. The fraction of sp³-hybridized carbons (Fsp3) is 0.538. The number of benzene rings is 2. The van der Waals surface area contributed by atoms with Crippen molar-refractivity contribution in [2.45, 2.75) is 76.8 Å². The summed E-state index contributed by atoms with van der Waals surface area (Å²) in [6.45, 7) is 3.91. The molecule has 158 valence electrons. The smallest absolute Gasteiger partial charge is 0.205 e. The Morgan fingerprint density at radius 3 is 2.73 bits per heavy atom. The van der Waals surface area contributed by atoms with Crippen LogP contribution < -0.4 is 0 Å². The van der Waals surface area contributed by atoms with Crippen LogP contribution in [0.4, 0.5) is 0 Å². The van der Waals surface area contributed by atoms with Crippen LogP contribution in [0.3, 0.4) is 0 Å². The van der Waals surface area contributed by atoms with Crippen LogP contribution in [-0.2, 0) is 22.3 Å². The van der Waals surface area contributed by atoms with E-state index in [4.69, 9.17) is 9.47 Å². The summed E-state index contributed by atoms with van der Waals surface area (Å²) >= 11 is 0. The molecule has 0 bridgehead atoms. The number of rotatable bonds is 0. The van der Waals surface area contributed by atoms with E-state index >= 15 is 0 Å². The monoisotopic (exact) mass is 406 g/mol. The molecule has 0 spiro atoms. The Morgan fingerprint density at radius 2 is 1.87 bits per heavy atom. The van der Waals surface area contributed by atoms with Crippen molar-refractivity contribution in [1.82, 2.24) is 0 Å². The minimum absolute atomic E-state index is 0.0758. The van der Waals surface area contributed by atoms with Gasteiger partial charge in [0.1, 0.15) is 17.6 Å². The number of fused-ring (bicyclic) bond motifs is 8. The van der Waals surface area contributed by atoms with Crippen molar-refractivity contribution in [1.29, 1.82) is 0 Å². The molecule has 1 aliphatic heterocycles. The molecule has 2 aromatic carbocycles. The lowest BCUT2D eigenvalue weighted by Crippen LogP contribution is -2.26. The lowest BCUT2D eigenvalue weighted by atomic mass is 9.74.